The van der Waals surface area contributed by atoms with E-state index in [0.29, 0.717) is 11.1 Å². The topological polar surface area (TPSA) is 153 Å². The molecule has 0 unspecified atom stereocenters. The molecular weight excluding hydrogens is 479 g/mol. The molecule has 2 N–H and O–H groups in total. The summed E-state index contributed by atoms with van der Waals surface area (Å²) in [6.07, 6.45) is -5.54. The summed E-state index contributed by atoms with van der Waals surface area (Å²) in [5.41, 5.74) is 0.737. The number of hydrogen-bond donors (Lipinski definition) is 2. The number of anilines is 1. The van der Waals surface area contributed by atoms with E-state index in [4.69, 9.17) is 14.2 Å². The van der Waals surface area contributed by atoms with Crippen LogP contribution in [0.15, 0.2) is 36.5 Å². The van der Waals surface area contributed by atoms with Gasteiger partial charge in [-0.2, -0.15) is 4.98 Å². The normalized spacial score (nSPS) is 24.6. The average Bonchev–Trinajstić information content (AvgIpc) is 3.44. The fraction of sp³-hybridized carbons (Fsp3) is 0.348. The number of rotatable bonds is 4. The van der Waals surface area contributed by atoms with Crippen molar-refractivity contribution in [2.45, 2.75) is 51.1 Å². The van der Waals surface area contributed by atoms with Crippen molar-refractivity contribution < 1.29 is 43.2 Å². The van der Waals surface area contributed by atoms with Crippen molar-refractivity contribution in [3.05, 3.63) is 53.6 Å². The highest BCUT2D eigenvalue weighted by atomic mass is 19.1. The Morgan fingerprint density at radius 1 is 1.03 bits per heavy atom. The number of carbonyl (C=O) groups excluding carboxylic acids is 1. The third-order valence-electron chi connectivity index (χ3n) is 6.02. The van der Waals surface area contributed by atoms with E-state index < -0.39 is 60.1 Å². The van der Waals surface area contributed by atoms with Crippen LogP contribution in [0.1, 0.15) is 36.1 Å². The Balaban J connectivity index is 1.58. The number of halogens is 1. The second-order valence-corrected chi connectivity index (χ2v) is 8.85. The van der Waals surface area contributed by atoms with Gasteiger partial charge in [-0.05, 0) is 51.1 Å². The third kappa shape index (κ3) is 3.86. The predicted octanol–water partition coefficient (Wildman–Crippen LogP) is 3.34. The molecule has 12 nitrogen and oxygen atoms in total. The highest BCUT2D eigenvalue weighted by Gasteiger charge is 2.58. The van der Waals surface area contributed by atoms with E-state index in [0.717, 1.165) is 0 Å². The van der Waals surface area contributed by atoms with E-state index in [1.54, 1.807) is 33.0 Å². The van der Waals surface area contributed by atoms with Crippen LogP contribution >= 0.6 is 0 Å². The molecule has 2 saturated heterocycles. The van der Waals surface area contributed by atoms with Crippen molar-refractivity contribution in [2.24, 2.45) is 0 Å². The molecule has 1 aromatic carbocycles. The maximum absolute atomic E-state index is 13.4. The molecule has 0 aliphatic carbocycles. The molecule has 2 aromatic heterocycles. The Morgan fingerprint density at radius 2 is 1.67 bits per heavy atom. The van der Waals surface area contributed by atoms with E-state index >= 15 is 0 Å². The Morgan fingerprint density at radius 3 is 2.31 bits per heavy atom. The van der Waals surface area contributed by atoms with Crippen molar-refractivity contribution >= 4 is 35.0 Å². The number of amides is 2. The smallest absolute Gasteiger partial charge is 0.424 e. The summed E-state index contributed by atoms with van der Waals surface area (Å²) in [6.45, 7) is 4.96. The summed E-state index contributed by atoms with van der Waals surface area (Å²) in [5.74, 6) is -2.52. The summed E-state index contributed by atoms with van der Waals surface area (Å²) < 4.78 is 33.1. The largest absolute Gasteiger partial charge is 0.464 e. The molecule has 36 heavy (non-hydrogen) atoms. The first-order valence-electron chi connectivity index (χ1n) is 10.9. The Kier molecular flexibility index (Phi) is 5.50. The monoisotopic (exact) mass is 500 g/mol. The summed E-state index contributed by atoms with van der Waals surface area (Å²) in [7, 11) is 0. The number of imide groups is 1. The maximum atomic E-state index is 13.4. The zero-order valence-corrected chi connectivity index (χ0v) is 19.3. The number of hydrogen-bond acceptors (Lipinski definition) is 8. The van der Waals surface area contributed by atoms with E-state index in [2.05, 4.69) is 9.97 Å². The van der Waals surface area contributed by atoms with Crippen molar-refractivity contribution in [1.29, 1.82) is 0 Å². The van der Waals surface area contributed by atoms with Crippen molar-refractivity contribution in [3.8, 4) is 0 Å². The Bertz CT molecular complexity index is 1370. The highest BCUT2D eigenvalue weighted by molar-refractivity contribution is 6.06. The number of fused-ring (bicyclic) bond motifs is 2. The lowest BCUT2D eigenvalue weighted by molar-refractivity contribution is -0.190. The minimum Gasteiger partial charge on any atom is -0.464 e. The molecule has 0 saturated carbocycles. The van der Waals surface area contributed by atoms with Crippen LogP contribution in [0.4, 0.5) is 19.9 Å². The van der Waals surface area contributed by atoms with Gasteiger partial charge in [0.25, 0.3) is 0 Å². The summed E-state index contributed by atoms with van der Waals surface area (Å²) >= 11 is 0. The lowest BCUT2D eigenvalue weighted by atomic mass is 10.0. The summed E-state index contributed by atoms with van der Waals surface area (Å²) in [5, 5.41) is 19.2. The molecule has 4 atom stereocenters. The first kappa shape index (κ1) is 23.8. The molecule has 188 valence electrons. The van der Waals surface area contributed by atoms with Crippen molar-refractivity contribution in [3.63, 3.8) is 0 Å². The number of ether oxygens (including phenoxy) is 3. The molecule has 0 radical (unpaired) electrons. The van der Waals surface area contributed by atoms with Gasteiger partial charge in [-0.15, -0.1) is 4.90 Å². The van der Waals surface area contributed by atoms with Crippen LogP contribution in [0.3, 0.4) is 0 Å². The zero-order chi connectivity index (χ0) is 25.9. The van der Waals surface area contributed by atoms with Crippen molar-refractivity contribution in [1.82, 2.24) is 14.5 Å². The van der Waals surface area contributed by atoms with Crippen LogP contribution < -0.4 is 4.90 Å². The van der Waals surface area contributed by atoms with Crippen LogP contribution in [0.25, 0.3) is 11.0 Å². The summed E-state index contributed by atoms with van der Waals surface area (Å²) in [4.78, 5) is 44.5. The third-order valence-corrected chi connectivity index (χ3v) is 6.02. The first-order valence-corrected chi connectivity index (χ1v) is 10.9. The van der Waals surface area contributed by atoms with E-state index in [9.17, 15) is 29.0 Å². The standard InChI is InChI=1S/C23H21FN4O8/c1-10-13-8-9-27(18(13)26-20(25-10)28(21(30)31)22(32)33)19-17-16(35-23(2,3)36-17)15(34-19)14(29)11-4-6-12(24)7-5-11/h4-9,15-17,19H,1-3H3,(H,30,31)(H,32,33)/t15-,16-,17-,19-/m1/s1. The molecule has 0 bridgehead atoms. The minimum atomic E-state index is -1.77. The van der Waals surface area contributed by atoms with Gasteiger partial charge in [0.05, 0.1) is 5.69 Å². The molecule has 2 amide bonds. The molecular formula is C23H21FN4O8. The SMILES string of the molecule is Cc1nc(N(C(=O)O)C(=O)O)nc2c1ccn2[C@@H]1O[C@H](C(=O)c2ccc(F)cc2)[C@H]2OC(C)(C)O[C@H]21. The fourth-order valence-electron chi connectivity index (χ4n) is 4.52. The molecule has 4 heterocycles. The first-order chi connectivity index (χ1) is 17.0. The van der Waals surface area contributed by atoms with Gasteiger partial charge in [-0.3, -0.25) is 4.79 Å². The van der Waals surface area contributed by atoms with Gasteiger partial charge >= 0.3 is 12.2 Å². The maximum Gasteiger partial charge on any atom is 0.424 e. The highest BCUT2D eigenvalue weighted by Crippen LogP contribution is 2.45. The molecule has 13 heteroatoms. The van der Waals surface area contributed by atoms with E-state index in [1.165, 1.54) is 28.8 Å². The lowest BCUT2D eigenvalue weighted by Gasteiger charge is -2.25. The van der Waals surface area contributed by atoms with Crippen LogP contribution in [-0.2, 0) is 14.2 Å². The van der Waals surface area contributed by atoms with Crippen LogP contribution in [0.5, 0.6) is 0 Å². The Hall–Kier alpha value is -3.94. The van der Waals surface area contributed by atoms with E-state index in [1.807, 2.05) is 0 Å². The minimum absolute atomic E-state index is 0.00123. The van der Waals surface area contributed by atoms with E-state index in [-0.39, 0.29) is 16.1 Å². The second kappa shape index (κ2) is 8.33. The number of Topliss-reactive ketones (excluding diaryl/α,β-unsaturated/α-hetero) is 1. The summed E-state index contributed by atoms with van der Waals surface area (Å²) in [6, 6.07) is 6.71. The molecule has 3 aromatic rings. The van der Waals surface area contributed by atoms with Gasteiger partial charge in [0, 0.05) is 17.1 Å². The number of carbonyl (C=O) groups is 3. The van der Waals surface area contributed by atoms with Gasteiger partial charge in [0.2, 0.25) is 5.95 Å². The fourth-order valence-corrected chi connectivity index (χ4v) is 4.52. The number of aryl methyl sites for hydroxylation is 1. The Labute approximate surface area is 202 Å². The number of aromatic nitrogens is 3. The average molecular weight is 500 g/mol. The number of carboxylic acid groups (broad SMARTS) is 2. The van der Waals surface area contributed by atoms with Gasteiger partial charge in [0.1, 0.15) is 23.7 Å². The lowest BCUT2D eigenvalue weighted by Crippen LogP contribution is -2.36. The number of nitrogens with zero attached hydrogens (tertiary/aromatic N) is 4. The van der Waals surface area contributed by atoms with Gasteiger partial charge < -0.3 is 29.0 Å². The second-order valence-electron chi connectivity index (χ2n) is 8.85. The number of ketones is 1. The molecule has 2 aliphatic heterocycles. The van der Waals surface area contributed by atoms with Gasteiger partial charge in [0.15, 0.2) is 23.9 Å². The van der Waals surface area contributed by atoms with Gasteiger partial charge in [-0.25, -0.2) is 19.0 Å². The molecule has 2 aliphatic rings. The van der Waals surface area contributed by atoms with Crippen LogP contribution in [-0.4, -0.2) is 66.8 Å². The van der Waals surface area contributed by atoms with Gasteiger partial charge in [-0.1, -0.05) is 0 Å². The number of benzene rings is 1. The quantitative estimate of drug-likeness (QED) is 0.510. The molecule has 5 rings (SSSR count). The van der Waals surface area contributed by atoms with Crippen molar-refractivity contribution in [2.75, 3.05) is 4.90 Å². The zero-order valence-electron chi connectivity index (χ0n) is 19.3. The molecule has 2 fully saturated rings. The van der Waals surface area contributed by atoms with Crippen LogP contribution in [0, 0.1) is 12.7 Å². The predicted molar refractivity (Wildman–Crippen MR) is 119 cm³/mol. The van der Waals surface area contributed by atoms with Crippen LogP contribution in [0.2, 0.25) is 0 Å². The molecule has 0 spiro atoms.